The van der Waals surface area contributed by atoms with Gasteiger partial charge in [-0.2, -0.15) is 0 Å². The lowest BCUT2D eigenvalue weighted by atomic mass is 10.1. The molecule has 0 atom stereocenters. The van der Waals surface area contributed by atoms with Crippen LogP contribution < -0.4 is 10.1 Å². The summed E-state index contributed by atoms with van der Waals surface area (Å²) in [6.45, 7) is 2.15. The predicted molar refractivity (Wildman–Crippen MR) is 71.4 cm³/mol. The van der Waals surface area contributed by atoms with Gasteiger partial charge in [-0.25, -0.2) is 8.78 Å². The monoisotopic (exact) mass is 263 g/mol. The molecule has 4 heteroatoms. The van der Waals surface area contributed by atoms with E-state index in [1.165, 1.54) is 6.07 Å². The van der Waals surface area contributed by atoms with Crippen molar-refractivity contribution >= 4 is 5.69 Å². The second-order valence-corrected chi connectivity index (χ2v) is 4.29. The van der Waals surface area contributed by atoms with Gasteiger partial charge in [-0.15, -0.1) is 0 Å². The van der Waals surface area contributed by atoms with Crippen molar-refractivity contribution in [3.05, 3.63) is 59.2 Å². The van der Waals surface area contributed by atoms with Crippen molar-refractivity contribution in [2.24, 2.45) is 0 Å². The molecule has 0 fully saturated rings. The van der Waals surface area contributed by atoms with E-state index in [2.05, 4.69) is 5.32 Å². The molecule has 1 N–H and O–H groups in total. The van der Waals surface area contributed by atoms with Crippen LogP contribution in [0.25, 0.3) is 0 Å². The van der Waals surface area contributed by atoms with E-state index in [4.69, 9.17) is 4.74 Å². The highest BCUT2D eigenvalue weighted by Crippen LogP contribution is 2.26. The summed E-state index contributed by atoms with van der Waals surface area (Å²) in [5, 5.41) is 3.06. The number of hydrogen-bond acceptors (Lipinski definition) is 2. The summed E-state index contributed by atoms with van der Waals surface area (Å²) in [6, 6.07) is 9.07. The van der Waals surface area contributed by atoms with Gasteiger partial charge in [0.05, 0.1) is 12.8 Å². The largest absolute Gasteiger partial charge is 0.495 e. The Labute approximate surface area is 111 Å². The molecule has 0 aliphatic rings. The average Bonchev–Trinajstić information content (AvgIpc) is 2.40. The fourth-order valence-electron chi connectivity index (χ4n) is 1.83. The molecule has 0 radical (unpaired) electrons. The van der Waals surface area contributed by atoms with Gasteiger partial charge in [0.2, 0.25) is 0 Å². The van der Waals surface area contributed by atoms with Crippen LogP contribution in [0.4, 0.5) is 14.5 Å². The molecule has 19 heavy (non-hydrogen) atoms. The summed E-state index contributed by atoms with van der Waals surface area (Å²) in [4.78, 5) is 0. The van der Waals surface area contributed by atoms with Gasteiger partial charge < -0.3 is 10.1 Å². The van der Waals surface area contributed by atoms with Crippen LogP contribution in [0.3, 0.4) is 0 Å². The number of rotatable bonds is 4. The zero-order valence-electron chi connectivity index (χ0n) is 10.8. The molecule has 2 aromatic rings. The minimum atomic E-state index is -0.450. The minimum Gasteiger partial charge on any atom is -0.495 e. The first kappa shape index (κ1) is 13.3. The van der Waals surface area contributed by atoms with E-state index in [1.54, 1.807) is 7.11 Å². The third-order valence-electron chi connectivity index (χ3n) is 2.83. The van der Waals surface area contributed by atoms with Crippen molar-refractivity contribution in [1.29, 1.82) is 0 Å². The number of ether oxygens (including phenoxy) is 1. The van der Waals surface area contributed by atoms with Crippen molar-refractivity contribution in [3.8, 4) is 5.75 Å². The highest BCUT2D eigenvalue weighted by Gasteiger charge is 2.06. The Morgan fingerprint density at radius 2 is 1.89 bits per heavy atom. The molecule has 0 saturated carbocycles. The standard InChI is InChI=1S/C15H15F2NO/c1-10-3-6-15(19-2)14(7-10)18-9-11-8-12(16)4-5-13(11)17/h3-8,18H,9H2,1-2H3. The van der Waals surface area contributed by atoms with Crippen LogP contribution in [0.2, 0.25) is 0 Å². The number of halogens is 2. The topological polar surface area (TPSA) is 21.3 Å². The molecule has 0 bridgehead atoms. The Morgan fingerprint density at radius 1 is 1.11 bits per heavy atom. The molecular weight excluding hydrogens is 248 g/mol. The second kappa shape index (κ2) is 5.69. The van der Waals surface area contributed by atoms with Crippen LogP contribution in [0.5, 0.6) is 5.75 Å². The summed E-state index contributed by atoms with van der Waals surface area (Å²) in [6.07, 6.45) is 0. The first-order valence-corrected chi connectivity index (χ1v) is 5.92. The molecule has 0 amide bonds. The predicted octanol–water partition coefficient (Wildman–Crippen LogP) is 3.89. The quantitative estimate of drug-likeness (QED) is 0.903. The Kier molecular flexibility index (Phi) is 4.00. The molecule has 0 heterocycles. The molecule has 2 aromatic carbocycles. The highest BCUT2D eigenvalue weighted by atomic mass is 19.1. The van der Waals surface area contributed by atoms with Crippen LogP contribution >= 0.6 is 0 Å². The van der Waals surface area contributed by atoms with Gasteiger partial charge in [-0.3, -0.25) is 0 Å². The van der Waals surface area contributed by atoms with Gasteiger partial charge in [0.1, 0.15) is 17.4 Å². The van der Waals surface area contributed by atoms with Crippen molar-refractivity contribution < 1.29 is 13.5 Å². The fourth-order valence-corrected chi connectivity index (χ4v) is 1.83. The lowest BCUT2D eigenvalue weighted by Crippen LogP contribution is -2.04. The van der Waals surface area contributed by atoms with Gasteiger partial charge in [0, 0.05) is 12.1 Å². The Bertz CT molecular complexity index is 584. The van der Waals surface area contributed by atoms with Crippen molar-refractivity contribution in [3.63, 3.8) is 0 Å². The summed E-state index contributed by atoms with van der Waals surface area (Å²) in [7, 11) is 1.57. The van der Waals surface area contributed by atoms with Crippen LogP contribution in [-0.4, -0.2) is 7.11 Å². The van der Waals surface area contributed by atoms with Crippen molar-refractivity contribution in [1.82, 2.24) is 0 Å². The van der Waals surface area contributed by atoms with E-state index in [0.29, 0.717) is 5.75 Å². The highest BCUT2D eigenvalue weighted by molar-refractivity contribution is 5.58. The van der Waals surface area contributed by atoms with E-state index in [0.717, 1.165) is 23.4 Å². The van der Waals surface area contributed by atoms with Crippen LogP contribution in [0, 0.1) is 18.6 Å². The lowest BCUT2D eigenvalue weighted by Gasteiger charge is -2.12. The first-order valence-electron chi connectivity index (χ1n) is 5.92. The number of anilines is 1. The number of aryl methyl sites for hydroxylation is 1. The van der Waals surface area contributed by atoms with Gasteiger partial charge in [-0.1, -0.05) is 6.07 Å². The molecule has 0 aromatic heterocycles. The molecular formula is C15H15F2NO. The summed E-state index contributed by atoms with van der Waals surface area (Å²) in [5.74, 6) is -0.211. The average molecular weight is 263 g/mol. The lowest BCUT2D eigenvalue weighted by molar-refractivity contribution is 0.416. The van der Waals surface area contributed by atoms with E-state index < -0.39 is 11.6 Å². The molecule has 0 aliphatic heterocycles. The van der Waals surface area contributed by atoms with E-state index in [1.807, 2.05) is 25.1 Å². The van der Waals surface area contributed by atoms with Gasteiger partial charge in [-0.05, 0) is 42.8 Å². The molecule has 0 unspecified atom stereocenters. The fraction of sp³-hybridized carbons (Fsp3) is 0.200. The maximum absolute atomic E-state index is 13.5. The summed E-state index contributed by atoms with van der Waals surface area (Å²) in [5.41, 5.74) is 2.10. The number of methoxy groups -OCH3 is 1. The number of nitrogens with one attached hydrogen (secondary N) is 1. The summed E-state index contributed by atoms with van der Waals surface area (Å²) < 4.78 is 31.8. The van der Waals surface area contributed by atoms with E-state index >= 15 is 0 Å². The van der Waals surface area contributed by atoms with Gasteiger partial charge in [0.25, 0.3) is 0 Å². The maximum Gasteiger partial charge on any atom is 0.141 e. The Morgan fingerprint density at radius 3 is 2.63 bits per heavy atom. The number of benzene rings is 2. The molecule has 0 spiro atoms. The zero-order chi connectivity index (χ0) is 13.8. The van der Waals surface area contributed by atoms with Crippen LogP contribution in [-0.2, 0) is 6.54 Å². The maximum atomic E-state index is 13.5. The third kappa shape index (κ3) is 3.22. The number of hydrogen-bond donors (Lipinski definition) is 1. The zero-order valence-corrected chi connectivity index (χ0v) is 10.8. The third-order valence-corrected chi connectivity index (χ3v) is 2.83. The van der Waals surface area contributed by atoms with Gasteiger partial charge >= 0.3 is 0 Å². The molecule has 2 nitrogen and oxygen atoms in total. The van der Waals surface area contributed by atoms with Crippen LogP contribution in [0.1, 0.15) is 11.1 Å². The molecule has 100 valence electrons. The van der Waals surface area contributed by atoms with Crippen molar-refractivity contribution in [2.75, 3.05) is 12.4 Å². The van der Waals surface area contributed by atoms with Gasteiger partial charge in [0.15, 0.2) is 0 Å². The summed E-state index contributed by atoms with van der Waals surface area (Å²) >= 11 is 0. The van der Waals surface area contributed by atoms with Crippen LogP contribution in [0.15, 0.2) is 36.4 Å². The molecule has 0 aliphatic carbocycles. The minimum absolute atomic E-state index is 0.198. The smallest absolute Gasteiger partial charge is 0.141 e. The molecule has 2 rings (SSSR count). The first-order chi connectivity index (χ1) is 9.10. The van der Waals surface area contributed by atoms with E-state index in [9.17, 15) is 8.78 Å². The molecule has 0 saturated heterocycles. The second-order valence-electron chi connectivity index (χ2n) is 4.29. The Balaban J connectivity index is 2.18. The van der Waals surface area contributed by atoms with Crippen molar-refractivity contribution in [2.45, 2.75) is 13.5 Å². The van der Waals surface area contributed by atoms with E-state index in [-0.39, 0.29) is 12.1 Å². The Hall–Kier alpha value is -2.10. The SMILES string of the molecule is COc1ccc(C)cc1NCc1cc(F)ccc1F. The normalized spacial score (nSPS) is 10.3.